The molecule has 1 aromatic carbocycles. The minimum Gasteiger partial charge on any atom is -0.349 e. The zero-order valence-electron chi connectivity index (χ0n) is 14.0. The van der Waals surface area contributed by atoms with Gasteiger partial charge >= 0.3 is 6.18 Å². The second kappa shape index (κ2) is 6.03. The van der Waals surface area contributed by atoms with Gasteiger partial charge in [0.05, 0.1) is 22.7 Å². The number of fused-ring (bicyclic) bond motifs is 2. The van der Waals surface area contributed by atoms with Crippen molar-refractivity contribution in [1.29, 1.82) is 5.26 Å². The van der Waals surface area contributed by atoms with Gasteiger partial charge in [0, 0.05) is 36.6 Å². The Morgan fingerprint density at radius 2 is 2.00 bits per heavy atom. The van der Waals surface area contributed by atoms with Gasteiger partial charge in [0.15, 0.2) is 5.65 Å². The van der Waals surface area contributed by atoms with Gasteiger partial charge in [-0.15, -0.1) is 0 Å². The van der Waals surface area contributed by atoms with Crippen molar-refractivity contribution in [3.8, 4) is 17.2 Å². The third-order valence-electron chi connectivity index (χ3n) is 4.48. The quantitative estimate of drug-likeness (QED) is 0.478. The number of hydrogen-bond donors (Lipinski definition) is 0. The van der Waals surface area contributed by atoms with Crippen molar-refractivity contribution in [3.05, 3.63) is 59.1 Å². The molecule has 136 valence electrons. The Balaban J connectivity index is 1.92. The summed E-state index contributed by atoms with van der Waals surface area (Å²) >= 11 is 6.40. The molecule has 0 bridgehead atoms. The number of alkyl halides is 3. The first kappa shape index (κ1) is 17.4. The van der Waals surface area contributed by atoms with Gasteiger partial charge in [-0.05, 0) is 29.8 Å². The summed E-state index contributed by atoms with van der Waals surface area (Å²) in [7, 11) is 1.88. The largest absolute Gasteiger partial charge is 0.394 e. The second-order valence-electron chi connectivity index (χ2n) is 6.27. The number of benzene rings is 1. The molecule has 3 aromatic heterocycles. The lowest BCUT2D eigenvalue weighted by Crippen LogP contribution is -2.13. The average Bonchev–Trinajstić information content (AvgIpc) is 3.16. The van der Waals surface area contributed by atoms with Crippen LogP contribution in [0.15, 0.2) is 42.9 Å². The summed E-state index contributed by atoms with van der Waals surface area (Å²) < 4.78 is 41.4. The van der Waals surface area contributed by atoms with Crippen LogP contribution in [0.3, 0.4) is 0 Å². The molecule has 4 rings (SSSR count). The Morgan fingerprint density at radius 1 is 1.22 bits per heavy atom. The van der Waals surface area contributed by atoms with Crippen LogP contribution >= 0.6 is 11.6 Å². The summed E-state index contributed by atoms with van der Waals surface area (Å²) in [5.41, 5.74) is 2.53. The molecule has 0 fully saturated rings. The van der Waals surface area contributed by atoms with E-state index in [0.717, 1.165) is 17.1 Å². The number of aryl methyl sites for hydroxylation is 1. The van der Waals surface area contributed by atoms with E-state index in [2.05, 4.69) is 11.1 Å². The molecular weight excluding hydrogens is 377 g/mol. The predicted octanol–water partition coefficient (Wildman–Crippen LogP) is 5.12. The molecular formula is C19H12ClF3N4. The van der Waals surface area contributed by atoms with Crippen molar-refractivity contribution in [2.45, 2.75) is 12.6 Å². The highest BCUT2D eigenvalue weighted by atomic mass is 35.5. The molecule has 0 amide bonds. The molecule has 0 radical (unpaired) electrons. The maximum Gasteiger partial charge on any atom is 0.394 e. The van der Waals surface area contributed by atoms with Gasteiger partial charge in [0.25, 0.3) is 0 Å². The molecule has 4 aromatic rings. The van der Waals surface area contributed by atoms with E-state index in [-0.39, 0.29) is 16.9 Å². The maximum atomic E-state index is 12.7. The Labute approximate surface area is 157 Å². The predicted molar refractivity (Wildman–Crippen MR) is 96.6 cm³/mol. The van der Waals surface area contributed by atoms with E-state index in [4.69, 9.17) is 11.6 Å². The highest BCUT2D eigenvalue weighted by Crippen LogP contribution is 2.34. The first-order valence-electron chi connectivity index (χ1n) is 7.99. The molecule has 4 nitrogen and oxygen atoms in total. The van der Waals surface area contributed by atoms with Crippen LogP contribution in [0, 0.1) is 11.3 Å². The monoisotopic (exact) mass is 388 g/mol. The molecule has 0 aliphatic carbocycles. The van der Waals surface area contributed by atoms with Crippen molar-refractivity contribution in [2.75, 3.05) is 0 Å². The summed E-state index contributed by atoms with van der Waals surface area (Å²) in [6.07, 6.45) is -0.927. The maximum absolute atomic E-state index is 12.7. The number of nitriles is 1. The second-order valence-corrected chi connectivity index (χ2v) is 6.68. The van der Waals surface area contributed by atoms with Gasteiger partial charge < -0.3 is 8.97 Å². The number of pyridine rings is 1. The summed E-state index contributed by atoms with van der Waals surface area (Å²) in [6.45, 7) is 0. The fraction of sp³-hybridized carbons (Fsp3) is 0.158. The number of nitrogens with zero attached hydrogens (tertiary/aromatic N) is 4. The van der Waals surface area contributed by atoms with E-state index in [1.54, 1.807) is 12.1 Å². The zero-order chi connectivity index (χ0) is 19.3. The van der Waals surface area contributed by atoms with Crippen LogP contribution in [0.1, 0.15) is 11.3 Å². The normalized spacial score (nSPS) is 12.0. The average molecular weight is 389 g/mol. The molecule has 3 heterocycles. The van der Waals surface area contributed by atoms with Crippen molar-refractivity contribution < 1.29 is 13.2 Å². The first-order valence-corrected chi connectivity index (χ1v) is 8.37. The van der Waals surface area contributed by atoms with Crippen LogP contribution in [-0.4, -0.2) is 20.1 Å². The Kier molecular flexibility index (Phi) is 3.89. The highest BCUT2D eigenvalue weighted by Gasteiger charge is 2.29. The third kappa shape index (κ3) is 2.92. The van der Waals surface area contributed by atoms with Crippen LogP contribution in [0.2, 0.25) is 5.02 Å². The lowest BCUT2D eigenvalue weighted by molar-refractivity contribution is -0.127. The van der Waals surface area contributed by atoms with E-state index >= 15 is 0 Å². The van der Waals surface area contributed by atoms with Crippen LogP contribution in [0.5, 0.6) is 0 Å². The smallest absolute Gasteiger partial charge is 0.349 e. The fourth-order valence-corrected chi connectivity index (χ4v) is 3.69. The molecule has 0 saturated heterocycles. The Hall–Kier alpha value is -2.98. The third-order valence-corrected chi connectivity index (χ3v) is 4.77. The molecule has 0 atom stereocenters. The number of halogens is 4. The molecule has 0 aliphatic rings. The number of imidazole rings is 1. The van der Waals surface area contributed by atoms with Crippen molar-refractivity contribution in [1.82, 2.24) is 14.0 Å². The van der Waals surface area contributed by atoms with Gasteiger partial charge in [-0.25, -0.2) is 4.98 Å². The van der Waals surface area contributed by atoms with E-state index in [0.29, 0.717) is 16.1 Å². The van der Waals surface area contributed by atoms with E-state index < -0.39 is 12.6 Å². The summed E-state index contributed by atoms with van der Waals surface area (Å²) in [6, 6.07) is 9.24. The molecule has 0 unspecified atom stereocenters. The van der Waals surface area contributed by atoms with E-state index in [1.807, 2.05) is 29.9 Å². The van der Waals surface area contributed by atoms with Gasteiger partial charge in [0.1, 0.15) is 11.6 Å². The minimum atomic E-state index is -4.35. The van der Waals surface area contributed by atoms with Crippen LogP contribution in [-0.2, 0) is 13.5 Å². The molecule has 0 spiro atoms. The van der Waals surface area contributed by atoms with Crippen molar-refractivity contribution in [3.63, 3.8) is 0 Å². The zero-order valence-corrected chi connectivity index (χ0v) is 14.8. The summed E-state index contributed by atoms with van der Waals surface area (Å²) in [5, 5.41) is 11.1. The molecule has 0 N–H and O–H groups in total. The summed E-state index contributed by atoms with van der Waals surface area (Å²) in [4.78, 5) is 4.05. The van der Waals surface area contributed by atoms with Gasteiger partial charge in [0.2, 0.25) is 0 Å². The van der Waals surface area contributed by atoms with Gasteiger partial charge in [-0.1, -0.05) is 11.6 Å². The van der Waals surface area contributed by atoms with Crippen LogP contribution in [0.4, 0.5) is 13.2 Å². The molecule has 8 heteroatoms. The fourth-order valence-electron chi connectivity index (χ4n) is 3.33. The van der Waals surface area contributed by atoms with Crippen LogP contribution in [0.25, 0.3) is 27.7 Å². The Morgan fingerprint density at radius 3 is 2.70 bits per heavy atom. The van der Waals surface area contributed by atoms with E-state index in [9.17, 15) is 18.4 Å². The van der Waals surface area contributed by atoms with Crippen molar-refractivity contribution >= 4 is 28.2 Å². The molecule has 27 heavy (non-hydrogen) atoms. The number of hydrogen-bond acceptors (Lipinski definition) is 2. The van der Waals surface area contributed by atoms with Crippen LogP contribution < -0.4 is 0 Å². The SMILES string of the molecule is Cn1ccc2cc(-c3ccn4c(CC(F)(F)F)cnc4c3C#N)cc(Cl)c21. The van der Waals surface area contributed by atoms with Gasteiger partial charge in [-0.2, -0.15) is 18.4 Å². The summed E-state index contributed by atoms with van der Waals surface area (Å²) in [5.74, 6) is 0. The first-order chi connectivity index (χ1) is 12.8. The van der Waals surface area contributed by atoms with E-state index in [1.165, 1.54) is 10.6 Å². The lowest BCUT2D eigenvalue weighted by atomic mass is 10.0. The molecule has 0 saturated carbocycles. The lowest BCUT2D eigenvalue weighted by Gasteiger charge is -2.10. The highest BCUT2D eigenvalue weighted by molar-refractivity contribution is 6.35. The Bertz CT molecular complexity index is 1230. The number of aromatic nitrogens is 3. The molecule has 0 aliphatic heterocycles. The minimum absolute atomic E-state index is 0.0166. The standard InChI is InChI=1S/C19H12ClF3N4/c1-26-4-2-11-6-12(7-16(20)17(11)26)14-3-5-27-13(8-19(21,22)23)10-25-18(27)15(14)9-24/h2-7,10H,8H2,1H3. The van der Waals surface area contributed by atoms with Crippen molar-refractivity contribution in [2.24, 2.45) is 7.05 Å². The number of rotatable bonds is 2. The topological polar surface area (TPSA) is 46.0 Å². The van der Waals surface area contributed by atoms with Gasteiger partial charge in [-0.3, -0.25) is 0 Å².